The van der Waals surface area contributed by atoms with Crippen LogP contribution in [0.4, 0.5) is 0 Å². The van der Waals surface area contributed by atoms with Gasteiger partial charge in [-0.2, -0.15) is 10.2 Å². The van der Waals surface area contributed by atoms with E-state index in [1.54, 1.807) is 12.4 Å². The van der Waals surface area contributed by atoms with Crippen molar-refractivity contribution >= 4 is 24.2 Å². The van der Waals surface area contributed by atoms with Crippen molar-refractivity contribution in [2.75, 3.05) is 0 Å². The molecular weight excluding hydrogens is 340 g/mol. The van der Waals surface area contributed by atoms with Gasteiger partial charge in [0, 0.05) is 12.8 Å². The Labute approximate surface area is 159 Å². The number of nitrogens with one attached hydrogen (secondary N) is 2. The normalized spacial score (nSPS) is 11.0. The Morgan fingerprint density at radius 1 is 0.778 bits per heavy atom. The highest BCUT2D eigenvalue weighted by molar-refractivity contribution is 5.85. The molecule has 0 aliphatic rings. The summed E-state index contributed by atoms with van der Waals surface area (Å²) >= 11 is 0. The van der Waals surface area contributed by atoms with E-state index < -0.39 is 0 Å². The molecule has 0 saturated heterocycles. The number of carbonyl (C=O) groups is 2. The van der Waals surface area contributed by atoms with E-state index in [0.29, 0.717) is 6.42 Å². The molecule has 0 atom stereocenters. The highest BCUT2D eigenvalue weighted by Crippen LogP contribution is 2.04. The molecule has 6 heteroatoms. The number of hydrazone groups is 2. The van der Waals surface area contributed by atoms with Gasteiger partial charge < -0.3 is 0 Å². The molecule has 2 N–H and O–H groups in total. The molecule has 0 aliphatic carbocycles. The predicted molar refractivity (Wildman–Crippen MR) is 108 cm³/mol. The maximum atomic E-state index is 11.8. The van der Waals surface area contributed by atoms with Gasteiger partial charge in [-0.15, -0.1) is 0 Å². The van der Waals surface area contributed by atoms with E-state index in [0.717, 1.165) is 22.3 Å². The minimum Gasteiger partial charge on any atom is -0.273 e. The first-order chi connectivity index (χ1) is 13.1. The molecule has 2 aromatic rings. The Balaban J connectivity index is 1.65. The summed E-state index contributed by atoms with van der Waals surface area (Å²) in [6, 6.07) is 15.5. The molecule has 2 amide bonds. The van der Waals surface area contributed by atoms with Crippen LogP contribution in [0.3, 0.4) is 0 Å². The molecule has 6 nitrogen and oxygen atoms in total. The Bertz CT molecular complexity index is 774. The van der Waals surface area contributed by atoms with Gasteiger partial charge in [0.2, 0.25) is 11.8 Å². The van der Waals surface area contributed by atoms with E-state index in [2.05, 4.69) is 21.1 Å². The van der Waals surface area contributed by atoms with Crippen LogP contribution < -0.4 is 10.9 Å². The molecule has 0 unspecified atom stereocenters. The largest absolute Gasteiger partial charge is 0.273 e. The van der Waals surface area contributed by atoms with Crippen molar-refractivity contribution in [1.29, 1.82) is 0 Å². The van der Waals surface area contributed by atoms with Crippen molar-refractivity contribution in [3.05, 3.63) is 70.8 Å². The maximum absolute atomic E-state index is 11.8. The summed E-state index contributed by atoms with van der Waals surface area (Å²) in [4.78, 5) is 23.5. The van der Waals surface area contributed by atoms with Crippen molar-refractivity contribution < 1.29 is 9.59 Å². The molecule has 0 bridgehead atoms. The topological polar surface area (TPSA) is 82.9 Å². The number of amides is 2. The second-order valence-corrected chi connectivity index (χ2v) is 6.15. The van der Waals surface area contributed by atoms with E-state index in [1.165, 1.54) is 0 Å². The molecule has 0 fully saturated rings. The number of nitrogens with zero attached hydrogens (tertiary/aromatic N) is 2. The number of hydrogen-bond acceptors (Lipinski definition) is 4. The van der Waals surface area contributed by atoms with Crippen LogP contribution >= 0.6 is 0 Å². The van der Waals surface area contributed by atoms with Crippen molar-refractivity contribution in [1.82, 2.24) is 10.9 Å². The molecule has 0 aliphatic heterocycles. The second kappa shape index (κ2) is 10.7. The van der Waals surface area contributed by atoms with Crippen LogP contribution in [0.25, 0.3) is 0 Å². The lowest BCUT2D eigenvalue weighted by atomic mass is 10.1. The minimum absolute atomic E-state index is 0.222. The summed E-state index contributed by atoms with van der Waals surface area (Å²) in [6.07, 6.45) is 4.10. The molecule has 0 radical (unpaired) electrons. The maximum Gasteiger partial charge on any atom is 0.240 e. The molecule has 27 heavy (non-hydrogen) atoms. The predicted octanol–water partition coefficient (Wildman–Crippen LogP) is 3.07. The Morgan fingerprint density at radius 2 is 1.19 bits per heavy atom. The Hall–Kier alpha value is -3.28. The number of aryl methyl sites for hydroxylation is 2. The standard InChI is InChI=1S/C21H24N4O2/c1-16-8-3-5-10-18(16)14-22-24-20(26)12-7-13-21(27)25-23-15-19-11-6-4-9-17(19)2/h3-6,8-11,14-15H,7,12-13H2,1-2H3,(H,24,26)(H,25,27)/b22-14+,23-15+. The summed E-state index contributed by atoms with van der Waals surface area (Å²) in [7, 11) is 0. The molecule has 0 spiro atoms. The third-order valence-corrected chi connectivity index (χ3v) is 3.97. The van der Waals surface area contributed by atoms with Crippen LogP contribution in [0.2, 0.25) is 0 Å². The van der Waals surface area contributed by atoms with Gasteiger partial charge in [0.25, 0.3) is 0 Å². The van der Waals surface area contributed by atoms with Gasteiger partial charge in [-0.25, -0.2) is 10.9 Å². The Kier molecular flexibility index (Phi) is 7.91. The van der Waals surface area contributed by atoms with E-state index in [9.17, 15) is 9.59 Å². The fourth-order valence-corrected chi connectivity index (χ4v) is 2.33. The third-order valence-electron chi connectivity index (χ3n) is 3.97. The summed E-state index contributed by atoms with van der Waals surface area (Å²) in [5.74, 6) is -0.452. The zero-order chi connectivity index (χ0) is 19.5. The van der Waals surface area contributed by atoms with Gasteiger partial charge >= 0.3 is 0 Å². The van der Waals surface area contributed by atoms with E-state index in [-0.39, 0.29) is 24.7 Å². The summed E-state index contributed by atoms with van der Waals surface area (Å²) in [5, 5.41) is 7.89. The first-order valence-electron chi connectivity index (χ1n) is 8.81. The second-order valence-electron chi connectivity index (χ2n) is 6.15. The number of hydrogen-bond donors (Lipinski definition) is 2. The van der Waals surface area contributed by atoms with Crippen molar-refractivity contribution in [3.8, 4) is 0 Å². The number of carbonyl (C=O) groups excluding carboxylic acids is 2. The zero-order valence-corrected chi connectivity index (χ0v) is 15.6. The van der Waals surface area contributed by atoms with Gasteiger partial charge in [-0.05, 0) is 42.5 Å². The van der Waals surface area contributed by atoms with E-state index >= 15 is 0 Å². The van der Waals surface area contributed by atoms with Crippen molar-refractivity contribution in [2.24, 2.45) is 10.2 Å². The lowest BCUT2D eigenvalue weighted by molar-refractivity contribution is -0.122. The highest BCUT2D eigenvalue weighted by Gasteiger charge is 2.04. The van der Waals surface area contributed by atoms with Crippen LogP contribution in [-0.4, -0.2) is 24.2 Å². The zero-order valence-electron chi connectivity index (χ0n) is 15.6. The lowest BCUT2D eigenvalue weighted by Gasteiger charge is -2.02. The monoisotopic (exact) mass is 364 g/mol. The molecule has 2 aromatic carbocycles. The van der Waals surface area contributed by atoms with Gasteiger partial charge in [0.15, 0.2) is 0 Å². The van der Waals surface area contributed by atoms with Crippen LogP contribution in [0, 0.1) is 13.8 Å². The van der Waals surface area contributed by atoms with Crippen LogP contribution in [0.5, 0.6) is 0 Å². The van der Waals surface area contributed by atoms with Crippen molar-refractivity contribution in [2.45, 2.75) is 33.1 Å². The van der Waals surface area contributed by atoms with Crippen LogP contribution in [0.1, 0.15) is 41.5 Å². The molecular formula is C21H24N4O2. The summed E-state index contributed by atoms with van der Waals surface area (Å²) < 4.78 is 0. The number of rotatable bonds is 8. The fraction of sp³-hybridized carbons (Fsp3) is 0.238. The van der Waals surface area contributed by atoms with E-state index in [1.807, 2.05) is 62.4 Å². The highest BCUT2D eigenvalue weighted by atomic mass is 16.2. The lowest BCUT2D eigenvalue weighted by Crippen LogP contribution is -2.20. The summed E-state index contributed by atoms with van der Waals surface area (Å²) in [5.41, 5.74) is 9.00. The molecule has 2 rings (SSSR count). The molecule has 140 valence electrons. The minimum atomic E-state index is -0.226. The molecule has 0 aromatic heterocycles. The quantitative estimate of drug-likeness (QED) is 0.557. The summed E-state index contributed by atoms with van der Waals surface area (Å²) in [6.45, 7) is 3.95. The first kappa shape index (κ1) is 20.0. The average Bonchev–Trinajstić information content (AvgIpc) is 2.65. The van der Waals surface area contributed by atoms with Crippen molar-refractivity contribution in [3.63, 3.8) is 0 Å². The van der Waals surface area contributed by atoms with Gasteiger partial charge in [-0.3, -0.25) is 9.59 Å². The van der Waals surface area contributed by atoms with E-state index in [4.69, 9.17) is 0 Å². The Morgan fingerprint density at radius 3 is 1.59 bits per heavy atom. The number of benzene rings is 2. The van der Waals surface area contributed by atoms with Gasteiger partial charge in [-0.1, -0.05) is 48.5 Å². The average molecular weight is 364 g/mol. The third kappa shape index (κ3) is 7.23. The molecule has 0 heterocycles. The SMILES string of the molecule is Cc1ccccc1/C=N/NC(=O)CCCC(=O)N/N=C/c1ccccc1C. The fourth-order valence-electron chi connectivity index (χ4n) is 2.33. The van der Waals surface area contributed by atoms with Crippen LogP contribution in [-0.2, 0) is 9.59 Å². The van der Waals surface area contributed by atoms with Gasteiger partial charge in [0.1, 0.15) is 0 Å². The smallest absolute Gasteiger partial charge is 0.240 e. The first-order valence-corrected chi connectivity index (χ1v) is 8.81. The van der Waals surface area contributed by atoms with Gasteiger partial charge in [0.05, 0.1) is 12.4 Å². The molecule has 0 saturated carbocycles. The van der Waals surface area contributed by atoms with Crippen LogP contribution in [0.15, 0.2) is 58.7 Å².